The molecule has 0 spiro atoms. The van der Waals surface area contributed by atoms with Gasteiger partial charge in [0.1, 0.15) is 18.5 Å². The lowest BCUT2D eigenvalue weighted by atomic mass is 10.2. The molecule has 0 aliphatic carbocycles. The van der Waals surface area contributed by atoms with Gasteiger partial charge in [-0.25, -0.2) is 0 Å². The monoisotopic (exact) mass is 265 g/mol. The maximum Gasteiger partial charge on any atom is 0.119 e. The van der Waals surface area contributed by atoms with Crippen LogP contribution in [0.3, 0.4) is 0 Å². The Labute approximate surface area is 114 Å². The highest BCUT2D eigenvalue weighted by molar-refractivity contribution is 5.27. The van der Waals surface area contributed by atoms with Crippen molar-refractivity contribution in [2.75, 3.05) is 39.5 Å². The van der Waals surface area contributed by atoms with Crippen molar-refractivity contribution >= 4 is 0 Å². The fraction of sp³-hybridized carbons (Fsp3) is 0.600. The number of nitrogens with zero attached hydrogens (tertiary/aromatic N) is 1. The first-order valence-electron chi connectivity index (χ1n) is 6.98. The van der Waals surface area contributed by atoms with Crippen LogP contribution in [-0.2, 0) is 11.2 Å². The van der Waals surface area contributed by atoms with E-state index in [1.807, 2.05) is 12.1 Å². The van der Waals surface area contributed by atoms with Crippen LogP contribution in [0.25, 0.3) is 0 Å². The quantitative estimate of drug-likeness (QED) is 0.842. The third-order valence-corrected chi connectivity index (χ3v) is 3.35. The fourth-order valence-corrected chi connectivity index (χ4v) is 2.15. The smallest absolute Gasteiger partial charge is 0.119 e. The molecule has 19 heavy (non-hydrogen) atoms. The van der Waals surface area contributed by atoms with Crippen LogP contribution in [0.4, 0.5) is 0 Å². The Morgan fingerprint density at radius 1 is 1.26 bits per heavy atom. The van der Waals surface area contributed by atoms with Crippen LogP contribution in [0.2, 0.25) is 0 Å². The van der Waals surface area contributed by atoms with Crippen LogP contribution in [-0.4, -0.2) is 55.6 Å². The molecule has 106 valence electrons. The highest BCUT2D eigenvalue weighted by Gasteiger charge is 2.15. The molecule has 1 saturated heterocycles. The van der Waals surface area contributed by atoms with Crippen molar-refractivity contribution in [2.24, 2.45) is 0 Å². The maximum atomic E-state index is 9.96. The molecule has 1 aromatic carbocycles. The Morgan fingerprint density at radius 2 is 1.95 bits per heavy atom. The molecular formula is C15H23NO3. The summed E-state index contributed by atoms with van der Waals surface area (Å²) >= 11 is 0. The Bertz CT molecular complexity index is 360. The van der Waals surface area contributed by atoms with E-state index in [1.165, 1.54) is 5.56 Å². The van der Waals surface area contributed by atoms with Gasteiger partial charge < -0.3 is 14.6 Å². The first kappa shape index (κ1) is 14.3. The molecule has 1 aliphatic heterocycles. The molecule has 2 rings (SSSR count). The van der Waals surface area contributed by atoms with Crippen molar-refractivity contribution in [3.05, 3.63) is 29.8 Å². The normalized spacial score (nSPS) is 18.2. The van der Waals surface area contributed by atoms with Crippen LogP contribution in [0.5, 0.6) is 5.75 Å². The highest BCUT2D eigenvalue weighted by Crippen LogP contribution is 2.13. The summed E-state index contributed by atoms with van der Waals surface area (Å²) < 4.78 is 10.9. The molecule has 0 aromatic heterocycles. The van der Waals surface area contributed by atoms with Crippen molar-refractivity contribution in [1.29, 1.82) is 0 Å². The van der Waals surface area contributed by atoms with Crippen LogP contribution < -0.4 is 4.74 Å². The first-order valence-corrected chi connectivity index (χ1v) is 6.98. The summed E-state index contributed by atoms with van der Waals surface area (Å²) in [4.78, 5) is 2.21. The van der Waals surface area contributed by atoms with Gasteiger partial charge in [0, 0.05) is 19.6 Å². The number of aliphatic hydroxyl groups excluding tert-OH is 1. The van der Waals surface area contributed by atoms with E-state index in [4.69, 9.17) is 9.47 Å². The average molecular weight is 265 g/mol. The van der Waals surface area contributed by atoms with E-state index < -0.39 is 6.10 Å². The number of morpholine rings is 1. The molecule has 1 aromatic rings. The summed E-state index contributed by atoms with van der Waals surface area (Å²) in [6, 6.07) is 8.04. The maximum absolute atomic E-state index is 9.96. The minimum absolute atomic E-state index is 0.336. The topological polar surface area (TPSA) is 41.9 Å². The number of aliphatic hydroxyl groups is 1. The lowest BCUT2D eigenvalue weighted by molar-refractivity contribution is 0.00465. The van der Waals surface area contributed by atoms with Crippen LogP contribution in [0, 0.1) is 0 Å². The number of hydrogen-bond acceptors (Lipinski definition) is 4. The van der Waals surface area contributed by atoms with Crippen LogP contribution in [0.1, 0.15) is 12.5 Å². The summed E-state index contributed by atoms with van der Waals surface area (Å²) in [5, 5.41) is 9.96. The summed E-state index contributed by atoms with van der Waals surface area (Å²) in [5.41, 5.74) is 1.29. The Balaban J connectivity index is 1.71. The summed E-state index contributed by atoms with van der Waals surface area (Å²) in [7, 11) is 0. The molecule has 1 heterocycles. The summed E-state index contributed by atoms with van der Waals surface area (Å²) in [6.07, 6.45) is 0.573. The molecule has 0 radical (unpaired) electrons. The number of rotatable bonds is 6. The van der Waals surface area contributed by atoms with Crippen LogP contribution >= 0.6 is 0 Å². The summed E-state index contributed by atoms with van der Waals surface area (Å²) in [6.45, 7) is 6.41. The zero-order valence-electron chi connectivity index (χ0n) is 11.5. The molecule has 0 unspecified atom stereocenters. The van der Waals surface area contributed by atoms with E-state index in [0.717, 1.165) is 38.5 Å². The number of aryl methyl sites for hydroxylation is 1. The van der Waals surface area contributed by atoms with Crippen molar-refractivity contribution in [3.8, 4) is 5.75 Å². The van der Waals surface area contributed by atoms with Gasteiger partial charge in [-0.15, -0.1) is 0 Å². The van der Waals surface area contributed by atoms with Crippen molar-refractivity contribution in [1.82, 2.24) is 4.90 Å². The fourth-order valence-electron chi connectivity index (χ4n) is 2.15. The first-order chi connectivity index (χ1) is 9.28. The molecule has 1 aliphatic rings. The Hall–Kier alpha value is -1.10. The zero-order valence-corrected chi connectivity index (χ0v) is 11.5. The standard InChI is InChI=1S/C15H23NO3/c1-2-13-3-5-15(6-4-13)19-12-14(17)11-16-7-9-18-10-8-16/h3-6,14,17H,2,7-12H2,1H3/t14-/m1/s1. The second-order valence-electron chi connectivity index (χ2n) is 4.88. The number of ether oxygens (including phenoxy) is 2. The molecule has 1 fully saturated rings. The van der Waals surface area contributed by atoms with E-state index in [1.54, 1.807) is 0 Å². The van der Waals surface area contributed by atoms with Gasteiger partial charge in [0.25, 0.3) is 0 Å². The van der Waals surface area contributed by atoms with Crippen molar-refractivity contribution < 1.29 is 14.6 Å². The lowest BCUT2D eigenvalue weighted by Crippen LogP contribution is -2.42. The Morgan fingerprint density at radius 3 is 2.58 bits per heavy atom. The molecule has 0 saturated carbocycles. The second kappa shape index (κ2) is 7.48. The minimum atomic E-state index is -0.455. The predicted molar refractivity (Wildman–Crippen MR) is 74.6 cm³/mol. The van der Waals surface area contributed by atoms with Gasteiger partial charge in [-0.2, -0.15) is 0 Å². The van der Waals surface area contributed by atoms with Gasteiger partial charge >= 0.3 is 0 Å². The highest BCUT2D eigenvalue weighted by atomic mass is 16.5. The van der Waals surface area contributed by atoms with E-state index in [2.05, 4.69) is 24.0 Å². The Kier molecular flexibility index (Phi) is 5.63. The van der Waals surface area contributed by atoms with E-state index in [-0.39, 0.29) is 0 Å². The zero-order chi connectivity index (χ0) is 13.5. The number of hydrogen-bond donors (Lipinski definition) is 1. The molecule has 0 amide bonds. The number of β-amino-alcohol motifs (C(OH)–C–C–N with tert-alkyl or cyclic N) is 1. The van der Waals surface area contributed by atoms with Gasteiger partial charge in [-0.3, -0.25) is 4.90 Å². The third-order valence-electron chi connectivity index (χ3n) is 3.35. The second-order valence-corrected chi connectivity index (χ2v) is 4.88. The molecule has 1 atom stereocenters. The lowest BCUT2D eigenvalue weighted by Gasteiger charge is -2.28. The van der Waals surface area contributed by atoms with E-state index >= 15 is 0 Å². The molecule has 4 heteroatoms. The summed E-state index contributed by atoms with van der Waals surface area (Å²) in [5.74, 6) is 0.818. The van der Waals surface area contributed by atoms with Gasteiger partial charge in [0.05, 0.1) is 13.2 Å². The van der Waals surface area contributed by atoms with Crippen molar-refractivity contribution in [3.63, 3.8) is 0 Å². The van der Waals surface area contributed by atoms with Crippen LogP contribution in [0.15, 0.2) is 24.3 Å². The van der Waals surface area contributed by atoms with Gasteiger partial charge in [0.2, 0.25) is 0 Å². The molecule has 0 bridgehead atoms. The van der Waals surface area contributed by atoms with E-state index in [0.29, 0.717) is 13.2 Å². The number of benzene rings is 1. The average Bonchev–Trinajstić information content (AvgIpc) is 2.47. The molecule has 4 nitrogen and oxygen atoms in total. The van der Waals surface area contributed by atoms with E-state index in [9.17, 15) is 5.11 Å². The van der Waals surface area contributed by atoms with Gasteiger partial charge in [-0.05, 0) is 24.1 Å². The predicted octanol–water partition coefficient (Wildman–Crippen LogP) is 1.32. The van der Waals surface area contributed by atoms with Gasteiger partial charge in [-0.1, -0.05) is 19.1 Å². The third kappa shape index (κ3) is 4.82. The minimum Gasteiger partial charge on any atom is -0.491 e. The molecule has 1 N–H and O–H groups in total. The van der Waals surface area contributed by atoms with Crippen molar-refractivity contribution in [2.45, 2.75) is 19.4 Å². The molecular weight excluding hydrogens is 242 g/mol. The SMILES string of the molecule is CCc1ccc(OC[C@H](O)CN2CCOCC2)cc1. The largest absolute Gasteiger partial charge is 0.491 e. The van der Waals surface area contributed by atoms with Gasteiger partial charge in [0.15, 0.2) is 0 Å².